The molecular formula is C15H22N2O3. The van der Waals surface area contributed by atoms with Crippen LogP contribution in [0.25, 0.3) is 0 Å². The van der Waals surface area contributed by atoms with E-state index in [9.17, 15) is 4.79 Å². The summed E-state index contributed by atoms with van der Waals surface area (Å²) < 4.78 is 10.8. The van der Waals surface area contributed by atoms with Gasteiger partial charge in [0, 0.05) is 24.7 Å². The zero-order valence-electron chi connectivity index (χ0n) is 12.1. The summed E-state index contributed by atoms with van der Waals surface area (Å²) in [6, 6.07) is 5.78. The molecule has 5 heteroatoms. The van der Waals surface area contributed by atoms with Gasteiger partial charge >= 0.3 is 0 Å². The lowest BCUT2D eigenvalue weighted by molar-refractivity contribution is -0.117. The summed E-state index contributed by atoms with van der Waals surface area (Å²) in [5.74, 6) is 0.825. The third-order valence-corrected chi connectivity index (χ3v) is 3.21. The van der Waals surface area contributed by atoms with E-state index in [0.29, 0.717) is 19.6 Å². The van der Waals surface area contributed by atoms with Crippen molar-refractivity contribution in [3.05, 3.63) is 23.8 Å². The zero-order valence-corrected chi connectivity index (χ0v) is 12.1. The fourth-order valence-corrected chi connectivity index (χ4v) is 2.21. The molecule has 1 heterocycles. The number of benzene rings is 1. The Labute approximate surface area is 119 Å². The van der Waals surface area contributed by atoms with Crippen molar-refractivity contribution in [1.29, 1.82) is 0 Å². The molecule has 0 radical (unpaired) electrons. The van der Waals surface area contributed by atoms with E-state index in [-0.39, 0.29) is 11.9 Å². The van der Waals surface area contributed by atoms with Gasteiger partial charge in [0.25, 0.3) is 0 Å². The monoisotopic (exact) mass is 278 g/mol. The second kappa shape index (κ2) is 7.26. The van der Waals surface area contributed by atoms with Crippen LogP contribution < -0.4 is 15.4 Å². The molecule has 1 aromatic rings. The van der Waals surface area contributed by atoms with Gasteiger partial charge in [-0.3, -0.25) is 4.79 Å². The lowest BCUT2D eigenvalue weighted by atomic mass is 10.1. The zero-order chi connectivity index (χ0) is 14.4. The van der Waals surface area contributed by atoms with Crippen molar-refractivity contribution in [2.45, 2.75) is 26.3 Å². The second-order valence-electron chi connectivity index (χ2n) is 4.89. The Hall–Kier alpha value is -1.59. The highest BCUT2D eigenvalue weighted by molar-refractivity contribution is 5.92. The normalized spacial score (nSPS) is 18.6. The van der Waals surface area contributed by atoms with Crippen LogP contribution in [0.1, 0.15) is 18.9 Å². The van der Waals surface area contributed by atoms with E-state index >= 15 is 0 Å². The number of morpholine rings is 1. The minimum Gasteiger partial charge on any atom is -0.494 e. The molecule has 1 saturated heterocycles. The van der Waals surface area contributed by atoms with Crippen LogP contribution in [0.3, 0.4) is 0 Å². The van der Waals surface area contributed by atoms with Gasteiger partial charge in [-0.05, 0) is 37.6 Å². The molecule has 1 aromatic carbocycles. The minimum atomic E-state index is 0.000241. The van der Waals surface area contributed by atoms with Crippen molar-refractivity contribution < 1.29 is 14.3 Å². The summed E-state index contributed by atoms with van der Waals surface area (Å²) in [7, 11) is 0. The van der Waals surface area contributed by atoms with E-state index in [0.717, 1.165) is 30.2 Å². The molecule has 0 spiro atoms. The van der Waals surface area contributed by atoms with E-state index < -0.39 is 0 Å². The first-order valence-corrected chi connectivity index (χ1v) is 7.03. The quantitative estimate of drug-likeness (QED) is 0.861. The molecule has 1 unspecified atom stereocenters. The lowest BCUT2D eigenvalue weighted by Crippen LogP contribution is -2.43. The summed E-state index contributed by atoms with van der Waals surface area (Å²) in [5.41, 5.74) is 1.83. The largest absolute Gasteiger partial charge is 0.494 e. The van der Waals surface area contributed by atoms with Crippen LogP contribution in [-0.4, -0.2) is 38.3 Å². The van der Waals surface area contributed by atoms with Crippen molar-refractivity contribution in [2.75, 3.05) is 31.7 Å². The number of hydrogen-bond donors (Lipinski definition) is 2. The summed E-state index contributed by atoms with van der Waals surface area (Å²) in [6.45, 7) is 6.66. The van der Waals surface area contributed by atoms with E-state index in [4.69, 9.17) is 9.47 Å². The third-order valence-electron chi connectivity index (χ3n) is 3.21. The van der Waals surface area contributed by atoms with Crippen molar-refractivity contribution in [3.8, 4) is 5.75 Å². The van der Waals surface area contributed by atoms with Crippen LogP contribution in [0.15, 0.2) is 18.2 Å². The predicted octanol–water partition coefficient (Wildman–Crippen LogP) is 1.71. The standard InChI is InChI=1S/C15H22N2O3/c1-3-20-13-4-5-14(11(2)8-13)17-15(18)9-12-10-19-7-6-16-12/h4-5,8,12,16H,3,6-7,9-10H2,1-2H3,(H,17,18). The fraction of sp³-hybridized carbons (Fsp3) is 0.533. The van der Waals surface area contributed by atoms with E-state index in [1.807, 2.05) is 32.0 Å². The van der Waals surface area contributed by atoms with Gasteiger partial charge in [-0.1, -0.05) is 0 Å². The molecule has 1 atom stereocenters. The predicted molar refractivity (Wildman–Crippen MR) is 78.2 cm³/mol. The van der Waals surface area contributed by atoms with Crippen molar-refractivity contribution in [3.63, 3.8) is 0 Å². The fourth-order valence-electron chi connectivity index (χ4n) is 2.21. The van der Waals surface area contributed by atoms with Crippen LogP contribution in [0.5, 0.6) is 5.75 Å². The van der Waals surface area contributed by atoms with Crippen LogP contribution in [-0.2, 0) is 9.53 Å². The molecule has 0 aromatic heterocycles. The molecule has 1 fully saturated rings. The number of nitrogens with one attached hydrogen (secondary N) is 2. The maximum atomic E-state index is 12.0. The SMILES string of the molecule is CCOc1ccc(NC(=O)CC2COCCN2)c(C)c1. The average molecular weight is 278 g/mol. The first-order chi connectivity index (χ1) is 9.69. The van der Waals surface area contributed by atoms with E-state index in [1.54, 1.807) is 0 Å². The van der Waals surface area contributed by atoms with Gasteiger partial charge in [0.1, 0.15) is 5.75 Å². The molecule has 2 N–H and O–H groups in total. The van der Waals surface area contributed by atoms with E-state index in [2.05, 4.69) is 10.6 Å². The van der Waals surface area contributed by atoms with Crippen LogP contribution >= 0.6 is 0 Å². The number of aryl methyl sites for hydroxylation is 1. The Morgan fingerprint density at radius 3 is 3.05 bits per heavy atom. The molecule has 20 heavy (non-hydrogen) atoms. The van der Waals surface area contributed by atoms with Gasteiger partial charge in [-0.25, -0.2) is 0 Å². The number of ether oxygens (including phenoxy) is 2. The highest BCUT2D eigenvalue weighted by atomic mass is 16.5. The van der Waals surface area contributed by atoms with Gasteiger partial charge in [-0.2, -0.15) is 0 Å². The summed E-state index contributed by atoms with van der Waals surface area (Å²) in [6.07, 6.45) is 0.423. The molecule has 0 bridgehead atoms. The Morgan fingerprint density at radius 2 is 2.40 bits per heavy atom. The first-order valence-electron chi connectivity index (χ1n) is 7.03. The number of hydrogen-bond acceptors (Lipinski definition) is 4. The number of rotatable bonds is 5. The maximum absolute atomic E-state index is 12.0. The molecule has 1 aliphatic heterocycles. The lowest BCUT2D eigenvalue weighted by Gasteiger charge is -2.23. The van der Waals surface area contributed by atoms with Crippen LogP contribution in [0, 0.1) is 6.92 Å². The Kier molecular flexibility index (Phi) is 5.38. The van der Waals surface area contributed by atoms with Crippen molar-refractivity contribution in [2.24, 2.45) is 0 Å². The average Bonchev–Trinajstić information content (AvgIpc) is 2.43. The Morgan fingerprint density at radius 1 is 1.55 bits per heavy atom. The molecule has 0 saturated carbocycles. The van der Waals surface area contributed by atoms with Crippen molar-refractivity contribution >= 4 is 11.6 Å². The summed E-state index contributed by atoms with van der Waals surface area (Å²) in [5, 5.41) is 6.21. The summed E-state index contributed by atoms with van der Waals surface area (Å²) >= 11 is 0. The molecular weight excluding hydrogens is 256 g/mol. The van der Waals surface area contributed by atoms with Gasteiger partial charge in [0.05, 0.1) is 19.8 Å². The van der Waals surface area contributed by atoms with Gasteiger partial charge < -0.3 is 20.1 Å². The van der Waals surface area contributed by atoms with Gasteiger partial charge in [-0.15, -0.1) is 0 Å². The molecule has 5 nitrogen and oxygen atoms in total. The highest BCUT2D eigenvalue weighted by Crippen LogP contribution is 2.21. The number of carbonyl (C=O) groups is 1. The minimum absolute atomic E-state index is 0.000241. The number of amides is 1. The van der Waals surface area contributed by atoms with Gasteiger partial charge in [0.15, 0.2) is 0 Å². The second-order valence-corrected chi connectivity index (χ2v) is 4.89. The van der Waals surface area contributed by atoms with E-state index in [1.165, 1.54) is 0 Å². The smallest absolute Gasteiger partial charge is 0.226 e. The van der Waals surface area contributed by atoms with Crippen LogP contribution in [0.2, 0.25) is 0 Å². The molecule has 1 aliphatic rings. The topological polar surface area (TPSA) is 59.6 Å². The molecule has 2 rings (SSSR count). The van der Waals surface area contributed by atoms with Crippen LogP contribution in [0.4, 0.5) is 5.69 Å². The third kappa shape index (κ3) is 4.21. The number of anilines is 1. The molecule has 110 valence electrons. The van der Waals surface area contributed by atoms with Gasteiger partial charge in [0.2, 0.25) is 5.91 Å². The first kappa shape index (κ1) is 14.8. The highest BCUT2D eigenvalue weighted by Gasteiger charge is 2.17. The number of carbonyl (C=O) groups excluding carboxylic acids is 1. The maximum Gasteiger partial charge on any atom is 0.226 e. The Bertz CT molecular complexity index is 456. The van der Waals surface area contributed by atoms with Crippen molar-refractivity contribution in [1.82, 2.24) is 5.32 Å². The summed E-state index contributed by atoms with van der Waals surface area (Å²) in [4.78, 5) is 12.0. The molecule has 0 aliphatic carbocycles. The molecule has 1 amide bonds. The Balaban J connectivity index is 1.90.